The van der Waals surface area contributed by atoms with E-state index >= 15 is 0 Å². The predicted octanol–water partition coefficient (Wildman–Crippen LogP) is 2.72. The number of rotatable bonds is 6. The van der Waals surface area contributed by atoms with Crippen molar-refractivity contribution in [2.24, 2.45) is 0 Å². The van der Waals surface area contributed by atoms with Gasteiger partial charge >= 0.3 is 11.9 Å². The molecule has 0 bridgehead atoms. The fourth-order valence-corrected chi connectivity index (χ4v) is 3.29. The molecule has 0 radical (unpaired) electrons. The number of nitrogens with one attached hydrogen (secondary N) is 1. The summed E-state index contributed by atoms with van der Waals surface area (Å²) < 4.78 is 4.75. The van der Waals surface area contributed by atoms with Crippen molar-refractivity contribution >= 4 is 50.9 Å². The van der Waals surface area contributed by atoms with Crippen molar-refractivity contribution < 1.29 is 19.4 Å². The zero-order valence-corrected chi connectivity index (χ0v) is 13.5. The number of halogens is 1. The molecule has 2 N–H and O–H groups in total. The number of carbonyl (C=O) groups excluding carboxylic acids is 1. The number of fused-ring (bicyclic) bond motifs is 1. The van der Waals surface area contributed by atoms with Crippen LogP contribution in [0.15, 0.2) is 0 Å². The lowest BCUT2D eigenvalue weighted by Gasteiger charge is -2.07. The first kappa shape index (κ1) is 16.4. The third-order valence-electron chi connectivity index (χ3n) is 2.99. The summed E-state index contributed by atoms with van der Waals surface area (Å²) in [4.78, 5) is 31.6. The zero-order valence-electron chi connectivity index (χ0n) is 12.0. The lowest BCUT2D eigenvalue weighted by Crippen LogP contribution is -2.07. The van der Waals surface area contributed by atoms with Gasteiger partial charge in [0.1, 0.15) is 15.5 Å². The number of hydrogen-bond donors (Lipinski definition) is 2. The Morgan fingerprint density at radius 1 is 1.41 bits per heavy atom. The van der Waals surface area contributed by atoms with Crippen LogP contribution in [0.4, 0.5) is 5.82 Å². The highest BCUT2D eigenvalue weighted by atomic mass is 35.5. The predicted molar refractivity (Wildman–Crippen MR) is 83.9 cm³/mol. The molecule has 22 heavy (non-hydrogen) atoms. The summed E-state index contributed by atoms with van der Waals surface area (Å²) in [6.45, 7) is 2.21. The van der Waals surface area contributed by atoms with E-state index in [9.17, 15) is 9.59 Å². The van der Waals surface area contributed by atoms with E-state index in [2.05, 4.69) is 15.3 Å². The van der Waals surface area contributed by atoms with E-state index in [0.29, 0.717) is 39.4 Å². The fraction of sp³-hybridized carbons (Fsp3) is 0.385. The topological polar surface area (TPSA) is 101 Å². The van der Waals surface area contributed by atoms with Gasteiger partial charge in [0.25, 0.3) is 0 Å². The van der Waals surface area contributed by atoms with Crippen LogP contribution >= 0.6 is 22.9 Å². The molecule has 0 aliphatic rings. The fourth-order valence-electron chi connectivity index (χ4n) is 1.97. The number of aryl methyl sites for hydroxylation is 1. The Balaban J connectivity index is 2.34. The van der Waals surface area contributed by atoms with Gasteiger partial charge in [-0.1, -0.05) is 0 Å². The van der Waals surface area contributed by atoms with Gasteiger partial charge in [0.05, 0.1) is 12.5 Å². The van der Waals surface area contributed by atoms with Gasteiger partial charge in [-0.15, -0.1) is 11.3 Å². The molecule has 118 valence electrons. The van der Waals surface area contributed by atoms with E-state index in [0.717, 1.165) is 0 Å². The van der Waals surface area contributed by atoms with Crippen LogP contribution < -0.4 is 5.32 Å². The molecule has 9 heteroatoms. The normalized spacial score (nSPS) is 10.7. The molecule has 2 aromatic rings. The van der Waals surface area contributed by atoms with Gasteiger partial charge in [0.2, 0.25) is 5.28 Å². The Hall–Kier alpha value is -1.93. The van der Waals surface area contributed by atoms with Crippen molar-refractivity contribution in [3.05, 3.63) is 15.7 Å². The average molecular weight is 344 g/mol. The number of ether oxygens (including phenoxy) is 1. The smallest absolute Gasteiger partial charge is 0.348 e. The first-order valence-corrected chi connectivity index (χ1v) is 7.64. The molecule has 2 heterocycles. The number of carboxylic acid groups (broad SMARTS) is 1. The molecular formula is C13H14ClN3O4S. The van der Waals surface area contributed by atoms with Crippen LogP contribution in [0.1, 0.15) is 28.1 Å². The van der Waals surface area contributed by atoms with Crippen LogP contribution in [-0.2, 0) is 9.53 Å². The number of nitrogens with zero attached hydrogens (tertiary/aromatic N) is 2. The van der Waals surface area contributed by atoms with Gasteiger partial charge in [-0.25, -0.2) is 14.8 Å². The molecule has 0 aromatic carbocycles. The van der Waals surface area contributed by atoms with Gasteiger partial charge in [-0.2, -0.15) is 0 Å². The molecule has 0 fully saturated rings. The lowest BCUT2D eigenvalue weighted by atomic mass is 10.2. The molecule has 7 nitrogen and oxygen atoms in total. The van der Waals surface area contributed by atoms with E-state index in [4.69, 9.17) is 21.4 Å². The number of esters is 1. The second-order valence-electron chi connectivity index (χ2n) is 4.49. The molecule has 0 aliphatic carbocycles. The largest absolute Gasteiger partial charge is 0.481 e. The van der Waals surface area contributed by atoms with Crippen molar-refractivity contribution in [1.82, 2.24) is 9.97 Å². The average Bonchev–Trinajstić information content (AvgIpc) is 2.79. The number of hydrogen-bond acceptors (Lipinski definition) is 7. The zero-order chi connectivity index (χ0) is 16.3. The SMILES string of the molecule is COC(=O)c1sc2nc(Cl)nc(NCCCC(=O)O)c2c1C. The first-order valence-electron chi connectivity index (χ1n) is 6.44. The summed E-state index contributed by atoms with van der Waals surface area (Å²) in [6, 6.07) is 0. The molecule has 0 atom stereocenters. The van der Waals surface area contributed by atoms with Crippen molar-refractivity contribution in [3.8, 4) is 0 Å². The maximum atomic E-state index is 11.8. The van der Waals surface area contributed by atoms with Crippen LogP contribution in [-0.4, -0.2) is 40.7 Å². The van der Waals surface area contributed by atoms with Crippen LogP contribution in [0.2, 0.25) is 5.28 Å². The molecule has 0 unspecified atom stereocenters. The number of thiophene rings is 1. The standard InChI is InChI=1S/C13H14ClN3O4S/c1-6-8-10(15-5-3-4-7(18)19)16-13(14)17-11(8)22-9(6)12(20)21-2/h3-5H2,1-2H3,(H,18,19)(H,15,16,17). The second kappa shape index (κ2) is 6.89. The van der Waals surface area contributed by atoms with E-state index in [1.165, 1.54) is 18.4 Å². The van der Waals surface area contributed by atoms with E-state index in [-0.39, 0.29) is 11.7 Å². The Morgan fingerprint density at radius 3 is 2.77 bits per heavy atom. The number of carboxylic acids is 1. The van der Waals surface area contributed by atoms with Gasteiger partial charge in [0, 0.05) is 13.0 Å². The minimum absolute atomic E-state index is 0.0605. The number of anilines is 1. The molecule has 0 spiro atoms. The van der Waals surface area contributed by atoms with Gasteiger partial charge in [-0.3, -0.25) is 4.79 Å². The Bertz CT molecular complexity index is 732. The molecule has 0 amide bonds. The highest BCUT2D eigenvalue weighted by Crippen LogP contribution is 2.34. The molecule has 2 aromatic heterocycles. The molecular weight excluding hydrogens is 330 g/mol. The molecule has 0 saturated carbocycles. The van der Waals surface area contributed by atoms with Crippen molar-refractivity contribution in [2.45, 2.75) is 19.8 Å². The maximum absolute atomic E-state index is 11.8. The van der Waals surface area contributed by atoms with Crippen molar-refractivity contribution in [3.63, 3.8) is 0 Å². The number of aliphatic carboxylic acids is 1. The van der Waals surface area contributed by atoms with Crippen LogP contribution in [0, 0.1) is 6.92 Å². The summed E-state index contributed by atoms with van der Waals surface area (Å²) in [5, 5.41) is 12.4. The van der Waals surface area contributed by atoms with Crippen LogP contribution in [0.5, 0.6) is 0 Å². The summed E-state index contributed by atoms with van der Waals surface area (Å²) in [6.07, 6.45) is 0.510. The third-order valence-corrected chi connectivity index (χ3v) is 4.33. The highest BCUT2D eigenvalue weighted by Gasteiger charge is 2.20. The van der Waals surface area contributed by atoms with E-state index in [1.807, 2.05) is 0 Å². The molecule has 2 rings (SSSR count). The molecule has 0 aliphatic heterocycles. The van der Waals surface area contributed by atoms with Crippen molar-refractivity contribution in [1.29, 1.82) is 0 Å². The first-order chi connectivity index (χ1) is 10.4. The van der Waals surface area contributed by atoms with E-state index in [1.54, 1.807) is 6.92 Å². The van der Waals surface area contributed by atoms with Gasteiger partial charge in [-0.05, 0) is 30.5 Å². The van der Waals surface area contributed by atoms with Crippen LogP contribution in [0.25, 0.3) is 10.2 Å². The maximum Gasteiger partial charge on any atom is 0.348 e. The van der Waals surface area contributed by atoms with E-state index < -0.39 is 11.9 Å². The quantitative estimate of drug-likeness (QED) is 0.472. The minimum Gasteiger partial charge on any atom is -0.481 e. The summed E-state index contributed by atoms with van der Waals surface area (Å²) >= 11 is 7.08. The number of carbonyl (C=O) groups is 2. The van der Waals surface area contributed by atoms with Crippen LogP contribution in [0.3, 0.4) is 0 Å². The highest BCUT2D eigenvalue weighted by molar-refractivity contribution is 7.20. The number of methoxy groups -OCH3 is 1. The van der Waals surface area contributed by atoms with Gasteiger partial charge < -0.3 is 15.2 Å². The third kappa shape index (κ3) is 3.45. The minimum atomic E-state index is -0.854. The van der Waals surface area contributed by atoms with Crippen molar-refractivity contribution in [2.75, 3.05) is 19.0 Å². The Kier molecular flexibility index (Phi) is 5.15. The summed E-state index contributed by atoms with van der Waals surface area (Å²) in [7, 11) is 1.32. The summed E-state index contributed by atoms with van der Waals surface area (Å²) in [5.74, 6) is -0.801. The van der Waals surface area contributed by atoms with Gasteiger partial charge in [0.15, 0.2) is 0 Å². The lowest BCUT2D eigenvalue weighted by molar-refractivity contribution is -0.137. The second-order valence-corrected chi connectivity index (χ2v) is 5.83. The Labute approximate surface area is 135 Å². The monoisotopic (exact) mass is 343 g/mol. The molecule has 0 saturated heterocycles. The number of aromatic nitrogens is 2. The Morgan fingerprint density at radius 2 is 2.14 bits per heavy atom. The summed E-state index contributed by atoms with van der Waals surface area (Å²) in [5.41, 5.74) is 0.712.